The lowest BCUT2D eigenvalue weighted by Gasteiger charge is -2.20. The molecule has 2 aromatic rings. The fraction of sp³-hybridized carbons (Fsp3) is 0.464. The molecule has 0 radical (unpaired) electrons. The Kier molecular flexibility index (Phi) is 7.73. The maximum absolute atomic E-state index is 12.8. The molecule has 0 saturated heterocycles. The number of ether oxygens (including phenoxy) is 1. The highest BCUT2D eigenvalue weighted by Gasteiger charge is 2.51. The van der Waals surface area contributed by atoms with Crippen LogP contribution >= 0.6 is 0 Å². The van der Waals surface area contributed by atoms with Crippen LogP contribution in [0, 0.1) is 5.92 Å². The summed E-state index contributed by atoms with van der Waals surface area (Å²) in [7, 11) is 0. The van der Waals surface area contributed by atoms with Gasteiger partial charge in [-0.25, -0.2) is 4.79 Å². The topological polar surface area (TPSA) is 105 Å². The summed E-state index contributed by atoms with van der Waals surface area (Å²) in [5.41, 5.74) is 3.72. The minimum absolute atomic E-state index is 0.0292. The van der Waals surface area contributed by atoms with Gasteiger partial charge in [0.05, 0.1) is 0 Å². The largest absolute Gasteiger partial charge is 0.481 e. The number of hydrogen-bond donors (Lipinski definition) is 3. The van der Waals surface area contributed by atoms with Crippen molar-refractivity contribution >= 4 is 18.0 Å². The molecule has 3 N–H and O–H groups in total. The summed E-state index contributed by atoms with van der Waals surface area (Å²) in [6, 6.07) is 16.3. The van der Waals surface area contributed by atoms with E-state index in [1.807, 2.05) is 24.3 Å². The van der Waals surface area contributed by atoms with Gasteiger partial charge in [0.1, 0.15) is 12.1 Å². The number of amides is 2. The standard InChI is InChI=1S/C28H34N2O5/c1-2-7-19(12-13-25(31)32)14-17-29-26(33)28(15-16-28)30-27(34)35-18-24-22-10-5-3-8-20(22)21-9-4-6-11-23(21)24/h3-6,8-11,19,24H,2,7,12-18H2,1H3,(H,29,33)(H,30,34)(H,31,32). The molecular formula is C28H34N2O5. The van der Waals surface area contributed by atoms with Gasteiger partial charge in [0.25, 0.3) is 0 Å². The molecule has 2 amide bonds. The van der Waals surface area contributed by atoms with Crippen LogP contribution in [0.2, 0.25) is 0 Å². The molecule has 7 heteroatoms. The number of aliphatic carboxylic acids is 1. The fourth-order valence-electron chi connectivity index (χ4n) is 5.09. The number of hydrogen-bond acceptors (Lipinski definition) is 4. The predicted molar refractivity (Wildman–Crippen MR) is 133 cm³/mol. The minimum Gasteiger partial charge on any atom is -0.481 e. The van der Waals surface area contributed by atoms with Crippen LogP contribution in [0.4, 0.5) is 4.79 Å². The van der Waals surface area contributed by atoms with Gasteiger partial charge in [-0.3, -0.25) is 9.59 Å². The van der Waals surface area contributed by atoms with Crippen molar-refractivity contribution in [3.8, 4) is 11.1 Å². The smallest absolute Gasteiger partial charge is 0.408 e. The van der Waals surface area contributed by atoms with Crippen molar-refractivity contribution in [2.24, 2.45) is 5.92 Å². The molecule has 0 aliphatic heterocycles. The molecule has 1 saturated carbocycles. The van der Waals surface area contributed by atoms with Crippen LogP contribution < -0.4 is 10.6 Å². The van der Waals surface area contributed by atoms with Crippen molar-refractivity contribution in [1.29, 1.82) is 0 Å². The lowest BCUT2D eigenvalue weighted by atomic mass is 9.94. The van der Waals surface area contributed by atoms with Crippen molar-refractivity contribution in [2.75, 3.05) is 13.2 Å². The normalized spacial score (nSPS) is 16.0. The van der Waals surface area contributed by atoms with E-state index < -0.39 is 17.6 Å². The number of carboxylic acids is 1. The molecule has 0 aromatic heterocycles. The molecule has 35 heavy (non-hydrogen) atoms. The number of rotatable bonds is 12. The second kappa shape index (κ2) is 10.9. The maximum Gasteiger partial charge on any atom is 0.408 e. The molecule has 4 rings (SSSR count). The van der Waals surface area contributed by atoms with Crippen molar-refractivity contribution in [2.45, 2.75) is 63.3 Å². The summed E-state index contributed by atoms with van der Waals surface area (Å²) in [6.45, 7) is 2.75. The van der Waals surface area contributed by atoms with Gasteiger partial charge in [-0.05, 0) is 53.9 Å². The molecule has 186 valence electrons. The molecule has 1 fully saturated rings. The van der Waals surface area contributed by atoms with Crippen LogP contribution in [0.3, 0.4) is 0 Å². The first-order valence-electron chi connectivity index (χ1n) is 12.6. The van der Waals surface area contributed by atoms with E-state index in [0.717, 1.165) is 30.4 Å². The average Bonchev–Trinajstić information content (AvgIpc) is 3.56. The van der Waals surface area contributed by atoms with E-state index in [4.69, 9.17) is 9.84 Å². The van der Waals surface area contributed by atoms with E-state index in [-0.39, 0.29) is 30.8 Å². The van der Waals surface area contributed by atoms with E-state index in [1.54, 1.807) is 0 Å². The van der Waals surface area contributed by atoms with Gasteiger partial charge in [0.15, 0.2) is 0 Å². The van der Waals surface area contributed by atoms with Crippen LogP contribution in [0.5, 0.6) is 0 Å². The molecule has 0 spiro atoms. The van der Waals surface area contributed by atoms with E-state index >= 15 is 0 Å². The number of carbonyl (C=O) groups is 3. The monoisotopic (exact) mass is 478 g/mol. The summed E-state index contributed by atoms with van der Waals surface area (Å²) >= 11 is 0. The van der Waals surface area contributed by atoms with Crippen LogP contribution in [0.1, 0.15) is 68.9 Å². The highest BCUT2D eigenvalue weighted by Crippen LogP contribution is 2.44. The Balaban J connectivity index is 1.27. The first kappa shape index (κ1) is 24.8. The lowest BCUT2D eigenvalue weighted by molar-refractivity contribution is -0.137. The van der Waals surface area contributed by atoms with Crippen LogP contribution in [0.25, 0.3) is 11.1 Å². The van der Waals surface area contributed by atoms with Gasteiger partial charge < -0.3 is 20.5 Å². The number of alkyl carbamates (subject to hydrolysis) is 1. The van der Waals surface area contributed by atoms with E-state index in [1.165, 1.54) is 11.1 Å². The van der Waals surface area contributed by atoms with E-state index in [0.29, 0.717) is 25.8 Å². The first-order chi connectivity index (χ1) is 16.9. The van der Waals surface area contributed by atoms with Crippen LogP contribution in [-0.4, -0.2) is 41.8 Å². The highest BCUT2D eigenvalue weighted by molar-refractivity contribution is 5.92. The molecule has 1 unspecified atom stereocenters. The van der Waals surface area contributed by atoms with Crippen LogP contribution in [0.15, 0.2) is 48.5 Å². The Morgan fingerprint density at radius 2 is 1.63 bits per heavy atom. The Bertz CT molecular complexity index is 1030. The summed E-state index contributed by atoms with van der Waals surface area (Å²) in [4.78, 5) is 36.3. The Morgan fingerprint density at radius 3 is 2.20 bits per heavy atom. The molecular weight excluding hydrogens is 444 g/mol. The molecule has 0 bridgehead atoms. The Morgan fingerprint density at radius 1 is 1.00 bits per heavy atom. The maximum atomic E-state index is 12.8. The summed E-state index contributed by atoms with van der Waals surface area (Å²) in [5, 5.41) is 14.7. The summed E-state index contributed by atoms with van der Waals surface area (Å²) < 4.78 is 5.61. The second-order valence-electron chi connectivity index (χ2n) is 9.66. The van der Waals surface area contributed by atoms with Crippen molar-refractivity contribution in [3.05, 3.63) is 59.7 Å². The molecule has 7 nitrogen and oxygen atoms in total. The quantitative estimate of drug-likeness (QED) is 0.405. The lowest BCUT2D eigenvalue weighted by Crippen LogP contribution is -2.49. The third-order valence-electron chi connectivity index (χ3n) is 7.17. The number of carbonyl (C=O) groups excluding carboxylic acids is 2. The van der Waals surface area contributed by atoms with Gasteiger partial charge in [-0.1, -0.05) is 68.3 Å². The predicted octanol–water partition coefficient (Wildman–Crippen LogP) is 4.85. The second-order valence-corrected chi connectivity index (χ2v) is 9.66. The van der Waals surface area contributed by atoms with Gasteiger partial charge in [0.2, 0.25) is 5.91 Å². The van der Waals surface area contributed by atoms with Crippen molar-refractivity contribution in [3.63, 3.8) is 0 Å². The molecule has 2 aliphatic carbocycles. The summed E-state index contributed by atoms with van der Waals surface area (Å²) in [6.07, 6.45) is 3.99. The third-order valence-corrected chi connectivity index (χ3v) is 7.17. The SMILES string of the molecule is CCCC(CCNC(=O)C1(NC(=O)OCC2c3ccccc3-c3ccccc32)CC1)CCC(=O)O. The summed E-state index contributed by atoms with van der Waals surface area (Å²) in [5.74, 6) is -0.751. The van der Waals surface area contributed by atoms with Crippen LogP contribution in [-0.2, 0) is 14.3 Å². The number of fused-ring (bicyclic) bond motifs is 3. The number of nitrogens with one attached hydrogen (secondary N) is 2. The Hall–Kier alpha value is -3.35. The van der Waals surface area contributed by atoms with Gasteiger partial charge in [-0.2, -0.15) is 0 Å². The van der Waals surface area contributed by atoms with Crippen molar-refractivity contribution < 1.29 is 24.2 Å². The zero-order valence-corrected chi connectivity index (χ0v) is 20.2. The first-order valence-corrected chi connectivity index (χ1v) is 12.6. The third kappa shape index (κ3) is 5.84. The van der Waals surface area contributed by atoms with E-state index in [9.17, 15) is 14.4 Å². The molecule has 2 aliphatic rings. The van der Waals surface area contributed by atoms with Gasteiger partial charge in [-0.15, -0.1) is 0 Å². The molecule has 0 heterocycles. The molecule has 1 atom stereocenters. The van der Waals surface area contributed by atoms with Gasteiger partial charge >= 0.3 is 12.1 Å². The zero-order valence-electron chi connectivity index (χ0n) is 20.2. The zero-order chi connectivity index (χ0) is 24.8. The number of benzene rings is 2. The highest BCUT2D eigenvalue weighted by atomic mass is 16.5. The van der Waals surface area contributed by atoms with Gasteiger partial charge in [0, 0.05) is 18.9 Å². The van der Waals surface area contributed by atoms with Crippen molar-refractivity contribution in [1.82, 2.24) is 10.6 Å². The Labute approximate surface area is 206 Å². The average molecular weight is 479 g/mol. The minimum atomic E-state index is -0.899. The fourth-order valence-corrected chi connectivity index (χ4v) is 5.09. The number of carboxylic acid groups (broad SMARTS) is 1. The molecule has 2 aromatic carbocycles. The van der Waals surface area contributed by atoms with E-state index in [2.05, 4.69) is 41.8 Å².